The van der Waals surface area contributed by atoms with Crippen molar-refractivity contribution >= 4 is 0 Å². The summed E-state index contributed by atoms with van der Waals surface area (Å²) in [5.41, 5.74) is 0.534. The molecule has 0 aliphatic heterocycles. The van der Waals surface area contributed by atoms with Crippen LogP contribution in [0.2, 0.25) is 0 Å². The van der Waals surface area contributed by atoms with Gasteiger partial charge in [0.25, 0.3) is 0 Å². The lowest BCUT2D eigenvalue weighted by Gasteiger charge is -2.37. The van der Waals surface area contributed by atoms with Gasteiger partial charge in [-0.3, -0.25) is 0 Å². The van der Waals surface area contributed by atoms with E-state index in [0.29, 0.717) is 17.9 Å². The Hall–Kier alpha value is -0.0800. The minimum atomic E-state index is 0.534. The molecule has 2 N–H and O–H groups in total. The summed E-state index contributed by atoms with van der Waals surface area (Å²) in [6.07, 6.45) is 5.43. The van der Waals surface area contributed by atoms with Crippen LogP contribution in [0.3, 0.4) is 0 Å². The van der Waals surface area contributed by atoms with Crippen LogP contribution in [0.25, 0.3) is 0 Å². The molecule has 0 aromatic heterocycles. The van der Waals surface area contributed by atoms with Gasteiger partial charge in [-0.05, 0) is 30.1 Å². The summed E-state index contributed by atoms with van der Waals surface area (Å²) in [6.45, 7) is 7.70. The molecule has 0 spiro atoms. The van der Waals surface area contributed by atoms with E-state index >= 15 is 0 Å². The second kappa shape index (κ2) is 4.43. The van der Waals surface area contributed by atoms with Crippen molar-refractivity contribution in [1.82, 2.24) is 0 Å². The number of nitrogens with two attached hydrogens (primary N) is 1. The minimum absolute atomic E-state index is 0.534. The molecule has 1 rings (SSSR count). The molecule has 1 aliphatic carbocycles. The lowest BCUT2D eigenvalue weighted by atomic mass is 9.69. The van der Waals surface area contributed by atoms with Crippen LogP contribution in [0.5, 0.6) is 0 Å². The third-order valence-corrected chi connectivity index (χ3v) is 3.41. The number of hydrogen-bond donors (Lipinski definition) is 1. The van der Waals surface area contributed by atoms with Crippen LogP contribution in [-0.2, 0) is 4.84 Å². The summed E-state index contributed by atoms with van der Waals surface area (Å²) in [5, 5.41) is 0. The smallest absolute Gasteiger partial charge is 0.0707 e. The Morgan fingerprint density at radius 2 is 2.23 bits per heavy atom. The zero-order valence-electron chi connectivity index (χ0n) is 9.18. The summed E-state index contributed by atoms with van der Waals surface area (Å²) >= 11 is 0. The van der Waals surface area contributed by atoms with Crippen molar-refractivity contribution < 1.29 is 4.84 Å². The van der Waals surface area contributed by atoms with E-state index in [0.717, 1.165) is 5.92 Å². The molecule has 0 bridgehead atoms. The first-order valence-electron chi connectivity index (χ1n) is 5.37. The largest absolute Gasteiger partial charge is 0.304 e. The van der Waals surface area contributed by atoms with Gasteiger partial charge < -0.3 is 4.84 Å². The summed E-state index contributed by atoms with van der Waals surface area (Å²) in [4.78, 5) is 4.73. The van der Waals surface area contributed by atoms with Crippen LogP contribution in [0.15, 0.2) is 0 Å². The molecule has 2 atom stereocenters. The van der Waals surface area contributed by atoms with Crippen LogP contribution in [-0.4, -0.2) is 6.61 Å². The molecule has 78 valence electrons. The topological polar surface area (TPSA) is 35.2 Å². The predicted octanol–water partition coefficient (Wildman–Crippen LogP) is 2.73. The van der Waals surface area contributed by atoms with E-state index < -0.39 is 0 Å². The molecule has 13 heavy (non-hydrogen) atoms. The van der Waals surface area contributed by atoms with E-state index in [-0.39, 0.29) is 0 Å². The fraction of sp³-hybridized carbons (Fsp3) is 1.00. The SMILES string of the molecule is CC(CON)C1CCCC(C)(C)C1. The Balaban J connectivity index is 2.42. The van der Waals surface area contributed by atoms with E-state index in [1.165, 1.54) is 25.7 Å². The first-order valence-corrected chi connectivity index (χ1v) is 5.37. The lowest BCUT2D eigenvalue weighted by Crippen LogP contribution is -2.29. The normalized spacial score (nSPS) is 30.0. The predicted molar refractivity (Wildman–Crippen MR) is 55.0 cm³/mol. The molecule has 0 aromatic carbocycles. The third-order valence-electron chi connectivity index (χ3n) is 3.41. The fourth-order valence-corrected chi connectivity index (χ4v) is 2.53. The van der Waals surface area contributed by atoms with Crippen LogP contribution < -0.4 is 5.90 Å². The molecule has 1 saturated carbocycles. The molecule has 1 fully saturated rings. The van der Waals surface area contributed by atoms with Crippen molar-refractivity contribution in [2.45, 2.75) is 46.5 Å². The van der Waals surface area contributed by atoms with Crippen LogP contribution in [0.4, 0.5) is 0 Å². The van der Waals surface area contributed by atoms with Gasteiger partial charge >= 0.3 is 0 Å². The van der Waals surface area contributed by atoms with E-state index in [1.54, 1.807) is 0 Å². The highest BCUT2D eigenvalue weighted by Gasteiger charge is 2.30. The van der Waals surface area contributed by atoms with E-state index in [9.17, 15) is 0 Å². The molecule has 0 radical (unpaired) electrons. The summed E-state index contributed by atoms with van der Waals surface area (Å²) < 4.78 is 0. The second-order valence-corrected chi connectivity index (χ2v) is 5.33. The molecular weight excluding hydrogens is 162 g/mol. The minimum Gasteiger partial charge on any atom is -0.304 e. The van der Waals surface area contributed by atoms with Gasteiger partial charge in [0.2, 0.25) is 0 Å². The van der Waals surface area contributed by atoms with Crippen molar-refractivity contribution in [2.24, 2.45) is 23.1 Å². The highest BCUT2D eigenvalue weighted by atomic mass is 16.6. The van der Waals surface area contributed by atoms with E-state index in [1.807, 2.05) is 0 Å². The Morgan fingerprint density at radius 3 is 2.77 bits per heavy atom. The zero-order chi connectivity index (χ0) is 9.90. The maximum absolute atomic E-state index is 5.10. The van der Waals surface area contributed by atoms with Gasteiger partial charge in [-0.2, -0.15) is 0 Å². The number of rotatable bonds is 3. The number of hydrogen-bond acceptors (Lipinski definition) is 2. The molecule has 1 aliphatic rings. The van der Waals surface area contributed by atoms with Crippen molar-refractivity contribution in [2.75, 3.05) is 6.61 Å². The first kappa shape index (κ1) is 11.0. The van der Waals surface area contributed by atoms with Crippen LogP contribution >= 0.6 is 0 Å². The molecule has 2 heteroatoms. The standard InChI is InChI=1S/C11H23NO/c1-9(8-13-12)10-5-4-6-11(2,3)7-10/h9-10H,4-8,12H2,1-3H3. The Morgan fingerprint density at radius 1 is 1.54 bits per heavy atom. The summed E-state index contributed by atoms with van der Waals surface area (Å²) in [5.74, 6) is 6.53. The Labute approximate surface area is 81.8 Å². The molecule has 0 saturated heterocycles. The third kappa shape index (κ3) is 3.28. The van der Waals surface area contributed by atoms with Crippen molar-refractivity contribution in [1.29, 1.82) is 0 Å². The van der Waals surface area contributed by atoms with Crippen molar-refractivity contribution in [3.8, 4) is 0 Å². The van der Waals surface area contributed by atoms with Gasteiger partial charge in [-0.1, -0.05) is 33.6 Å². The maximum Gasteiger partial charge on any atom is 0.0707 e. The quantitative estimate of drug-likeness (QED) is 0.686. The van der Waals surface area contributed by atoms with Gasteiger partial charge in [-0.25, -0.2) is 5.90 Å². The van der Waals surface area contributed by atoms with Gasteiger partial charge in [0.15, 0.2) is 0 Å². The first-order chi connectivity index (χ1) is 6.05. The van der Waals surface area contributed by atoms with E-state index in [2.05, 4.69) is 20.8 Å². The molecule has 0 heterocycles. The second-order valence-electron chi connectivity index (χ2n) is 5.33. The Bertz CT molecular complexity index is 156. The van der Waals surface area contributed by atoms with Gasteiger partial charge in [0.05, 0.1) is 6.61 Å². The van der Waals surface area contributed by atoms with Gasteiger partial charge in [-0.15, -0.1) is 0 Å². The van der Waals surface area contributed by atoms with Crippen LogP contribution in [0, 0.1) is 17.3 Å². The molecule has 0 aromatic rings. The Kier molecular flexibility index (Phi) is 3.74. The molecule has 0 amide bonds. The average molecular weight is 185 g/mol. The summed E-state index contributed by atoms with van der Waals surface area (Å²) in [6, 6.07) is 0. The molecular formula is C11H23NO. The monoisotopic (exact) mass is 185 g/mol. The average Bonchev–Trinajstić information content (AvgIpc) is 2.03. The van der Waals surface area contributed by atoms with Crippen LogP contribution in [0.1, 0.15) is 46.5 Å². The maximum atomic E-state index is 5.10. The van der Waals surface area contributed by atoms with Crippen molar-refractivity contribution in [3.05, 3.63) is 0 Å². The highest BCUT2D eigenvalue weighted by molar-refractivity contribution is 4.81. The molecule has 2 nitrogen and oxygen atoms in total. The fourth-order valence-electron chi connectivity index (χ4n) is 2.53. The van der Waals surface area contributed by atoms with Gasteiger partial charge in [0, 0.05) is 0 Å². The highest BCUT2D eigenvalue weighted by Crippen LogP contribution is 2.41. The van der Waals surface area contributed by atoms with E-state index in [4.69, 9.17) is 10.7 Å². The zero-order valence-corrected chi connectivity index (χ0v) is 9.18. The van der Waals surface area contributed by atoms with Crippen molar-refractivity contribution in [3.63, 3.8) is 0 Å². The lowest BCUT2D eigenvalue weighted by molar-refractivity contribution is 0.0540. The molecule has 2 unspecified atom stereocenters. The summed E-state index contributed by atoms with van der Waals surface area (Å²) in [7, 11) is 0. The van der Waals surface area contributed by atoms with Gasteiger partial charge in [0.1, 0.15) is 0 Å².